The van der Waals surface area contributed by atoms with Crippen molar-refractivity contribution in [3.8, 4) is 0 Å². The summed E-state index contributed by atoms with van der Waals surface area (Å²) in [6.07, 6.45) is 1.71. The van der Waals surface area contributed by atoms with Gasteiger partial charge < -0.3 is 14.5 Å². The predicted octanol–water partition coefficient (Wildman–Crippen LogP) is 3.06. The lowest BCUT2D eigenvalue weighted by atomic mass is 10.2. The summed E-state index contributed by atoms with van der Waals surface area (Å²) < 4.78 is 0.891. The van der Waals surface area contributed by atoms with Gasteiger partial charge in [0.15, 0.2) is 0 Å². The molecule has 6 nitrogen and oxygen atoms in total. The molecule has 0 atom stereocenters. The van der Waals surface area contributed by atoms with Gasteiger partial charge in [-0.05, 0) is 24.3 Å². The Hall–Kier alpha value is -1.83. The number of nitrogens with zero attached hydrogens (tertiary/aromatic N) is 5. The first-order chi connectivity index (χ1) is 11.0. The van der Waals surface area contributed by atoms with Crippen LogP contribution in [0.1, 0.15) is 0 Å². The number of aliphatic hydroxyl groups is 1. The second-order valence-electron chi connectivity index (χ2n) is 6.26. The SMILES string of the molecule is C[N+](C)(C)CCN(CCO)c1ccc(N=Nc2nccs2)cc1. The number of aliphatic hydroxyl groups excluding tert-OH is 1. The van der Waals surface area contributed by atoms with E-state index >= 15 is 0 Å². The maximum Gasteiger partial charge on any atom is 0.229 e. The molecule has 1 heterocycles. The first-order valence-electron chi connectivity index (χ1n) is 7.55. The summed E-state index contributed by atoms with van der Waals surface area (Å²) in [5.41, 5.74) is 1.88. The molecule has 0 spiro atoms. The highest BCUT2D eigenvalue weighted by molar-refractivity contribution is 7.13. The highest BCUT2D eigenvalue weighted by Crippen LogP contribution is 2.23. The van der Waals surface area contributed by atoms with Crippen LogP contribution in [0.3, 0.4) is 0 Å². The number of hydrogen-bond donors (Lipinski definition) is 1. The van der Waals surface area contributed by atoms with Crippen LogP contribution < -0.4 is 4.90 Å². The van der Waals surface area contributed by atoms with Gasteiger partial charge in [-0.2, -0.15) is 0 Å². The second kappa shape index (κ2) is 8.14. The Morgan fingerprint density at radius 3 is 2.43 bits per heavy atom. The Morgan fingerprint density at radius 2 is 1.87 bits per heavy atom. The number of quaternary nitrogens is 1. The van der Waals surface area contributed by atoms with Crippen LogP contribution in [-0.4, -0.2) is 62.0 Å². The van der Waals surface area contributed by atoms with Crippen molar-refractivity contribution in [2.75, 3.05) is 52.3 Å². The number of benzene rings is 1. The molecule has 0 aliphatic heterocycles. The minimum atomic E-state index is 0.142. The van der Waals surface area contributed by atoms with Gasteiger partial charge >= 0.3 is 0 Å². The summed E-state index contributed by atoms with van der Waals surface area (Å²) >= 11 is 1.46. The molecule has 2 rings (SSSR count). The first-order valence-corrected chi connectivity index (χ1v) is 8.43. The third-order valence-electron chi connectivity index (χ3n) is 3.30. The molecular weight excluding hydrogens is 310 g/mol. The molecule has 0 unspecified atom stereocenters. The molecule has 7 heteroatoms. The van der Waals surface area contributed by atoms with Gasteiger partial charge in [-0.25, -0.2) is 4.98 Å². The average Bonchev–Trinajstić information content (AvgIpc) is 3.02. The zero-order valence-electron chi connectivity index (χ0n) is 13.9. The molecule has 1 aromatic carbocycles. The Morgan fingerprint density at radius 1 is 1.13 bits per heavy atom. The number of rotatable bonds is 8. The first kappa shape index (κ1) is 17.5. The normalized spacial score (nSPS) is 12.0. The van der Waals surface area contributed by atoms with E-state index in [1.54, 1.807) is 6.20 Å². The fourth-order valence-electron chi connectivity index (χ4n) is 2.01. The van der Waals surface area contributed by atoms with Crippen LogP contribution in [0.5, 0.6) is 0 Å². The molecule has 0 saturated heterocycles. The lowest BCUT2D eigenvalue weighted by Crippen LogP contribution is -2.42. The topological polar surface area (TPSA) is 61.1 Å². The average molecular weight is 334 g/mol. The van der Waals surface area contributed by atoms with Gasteiger partial charge in [-0.15, -0.1) is 21.6 Å². The van der Waals surface area contributed by atoms with Crippen LogP contribution in [0.4, 0.5) is 16.5 Å². The molecule has 1 aromatic heterocycles. The Bertz CT molecular complexity index is 604. The third kappa shape index (κ3) is 6.05. The maximum atomic E-state index is 9.29. The van der Waals surface area contributed by atoms with E-state index < -0.39 is 0 Å². The van der Waals surface area contributed by atoms with Crippen LogP contribution in [0, 0.1) is 0 Å². The molecule has 2 aromatic rings. The largest absolute Gasteiger partial charge is 0.395 e. The molecule has 0 aliphatic carbocycles. The van der Waals surface area contributed by atoms with Gasteiger partial charge in [0, 0.05) is 23.8 Å². The van der Waals surface area contributed by atoms with E-state index in [0.717, 1.165) is 28.9 Å². The van der Waals surface area contributed by atoms with Crippen LogP contribution in [0.15, 0.2) is 46.1 Å². The van der Waals surface area contributed by atoms with Crippen molar-refractivity contribution in [2.24, 2.45) is 10.2 Å². The molecule has 0 radical (unpaired) electrons. The predicted molar refractivity (Wildman–Crippen MR) is 94.9 cm³/mol. The van der Waals surface area contributed by atoms with E-state index in [9.17, 15) is 5.11 Å². The van der Waals surface area contributed by atoms with Crippen molar-refractivity contribution in [1.82, 2.24) is 4.98 Å². The lowest BCUT2D eigenvalue weighted by molar-refractivity contribution is -0.868. The molecular formula is C16H24N5OS+. The molecule has 23 heavy (non-hydrogen) atoms. The molecule has 124 valence electrons. The number of thiazole rings is 1. The van der Waals surface area contributed by atoms with Gasteiger partial charge in [0.25, 0.3) is 0 Å². The standard InChI is InChI=1S/C16H24N5OS/c1-21(2,3)11-9-20(10-12-22)15-6-4-14(5-7-15)18-19-16-17-8-13-23-16/h4-8,13,22H,9-12H2,1-3H3/q+1. The fourth-order valence-corrected chi connectivity index (χ4v) is 2.46. The van der Waals surface area contributed by atoms with Gasteiger partial charge in [-0.1, -0.05) is 0 Å². The van der Waals surface area contributed by atoms with Crippen molar-refractivity contribution in [3.05, 3.63) is 35.8 Å². The highest BCUT2D eigenvalue weighted by Gasteiger charge is 2.12. The summed E-state index contributed by atoms with van der Waals surface area (Å²) in [5, 5.41) is 20.1. The van der Waals surface area contributed by atoms with E-state index in [-0.39, 0.29) is 6.61 Å². The van der Waals surface area contributed by atoms with Crippen molar-refractivity contribution in [3.63, 3.8) is 0 Å². The van der Waals surface area contributed by atoms with E-state index in [1.165, 1.54) is 11.3 Å². The Kier molecular flexibility index (Phi) is 6.20. The quantitative estimate of drug-likeness (QED) is 0.596. The summed E-state index contributed by atoms with van der Waals surface area (Å²) in [7, 11) is 6.50. The zero-order chi connectivity index (χ0) is 16.7. The van der Waals surface area contributed by atoms with E-state index in [2.05, 4.69) is 41.3 Å². The van der Waals surface area contributed by atoms with Crippen molar-refractivity contribution in [2.45, 2.75) is 0 Å². The third-order valence-corrected chi connectivity index (χ3v) is 3.95. The minimum Gasteiger partial charge on any atom is -0.395 e. The van der Waals surface area contributed by atoms with E-state index in [1.807, 2.05) is 29.6 Å². The lowest BCUT2D eigenvalue weighted by Gasteiger charge is -2.30. The van der Waals surface area contributed by atoms with Gasteiger partial charge in [0.2, 0.25) is 5.13 Å². The summed E-state index contributed by atoms with van der Waals surface area (Å²) in [5.74, 6) is 0. The summed E-state index contributed by atoms with van der Waals surface area (Å²) in [4.78, 5) is 6.25. The Balaban J connectivity index is 2.03. The monoisotopic (exact) mass is 334 g/mol. The minimum absolute atomic E-state index is 0.142. The highest BCUT2D eigenvalue weighted by atomic mass is 32.1. The number of anilines is 1. The maximum absolute atomic E-state index is 9.29. The zero-order valence-corrected chi connectivity index (χ0v) is 14.7. The van der Waals surface area contributed by atoms with Crippen molar-refractivity contribution < 1.29 is 9.59 Å². The molecule has 0 aliphatic rings. The molecule has 0 bridgehead atoms. The summed E-state index contributed by atoms with van der Waals surface area (Å²) in [6, 6.07) is 7.90. The van der Waals surface area contributed by atoms with E-state index in [0.29, 0.717) is 11.7 Å². The molecule has 1 N–H and O–H groups in total. The number of hydrogen-bond acceptors (Lipinski definition) is 6. The van der Waals surface area contributed by atoms with Crippen LogP contribution in [-0.2, 0) is 0 Å². The fraction of sp³-hybridized carbons (Fsp3) is 0.438. The van der Waals surface area contributed by atoms with Crippen LogP contribution >= 0.6 is 11.3 Å². The van der Waals surface area contributed by atoms with E-state index in [4.69, 9.17) is 0 Å². The molecule has 0 fully saturated rings. The second-order valence-corrected chi connectivity index (χ2v) is 7.13. The number of likely N-dealkylation sites (N-methyl/N-ethyl adjacent to an activating group) is 1. The smallest absolute Gasteiger partial charge is 0.229 e. The van der Waals surface area contributed by atoms with Crippen LogP contribution in [0.25, 0.3) is 0 Å². The van der Waals surface area contributed by atoms with Crippen molar-refractivity contribution >= 4 is 27.8 Å². The number of azo groups is 1. The summed E-state index contributed by atoms with van der Waals surface area (Å²) in [6.45, 7) is 2.66. The molecule has 0 saturated carbocycles. The van der Waals surface area contributed by atoms with Crippen LogP contribution in [0.2, 0.25) is 0 Å². The Labute approximate surface area is 141 Å². The van der Waals surface area contributed by atoms with Gasteiger partial charge in [-0.3, -0.25) is 0 Å². The van der Waals surface area contributed by atoms with Crippen molar-refractivity contribution in [1.29, 1.82) is 0 Å². The number of aromatic nitrogens is 1. The van der Waals surface area contributed by atoms with Gasteiger partial charge in [0.05, 0.1) is 46.5 Å². The molecule has 0 amide bonds. The van der Waals surface area contributed by atoms with Gasteiger partial charge in [0.1, 0.15) is 0 Å².